The van der Waals surface area contributed by atoms with Gasteiger partial charge in [-0.3, -0.25) is 14.4 Å². The third kappa shape index (κ3) is 49.0. The molecule has 360 valence electrons. The largest absolute Gasteiger partial charge is 0.462 e. The Morgan fingerprint density at radius 1 is 0.311 bits per heavy atom. The Morgan fingerprint density at radius 3 is 0.820 bits per heavy atom. The van der Waals surface area contributed by atoms with Gasteiger partial charge in [0.15, 0.2) is 6.10 Å². The van der Waals surface area contributed by atoms with Gasteiger partial charge < -0.3 is 14.2 Å². The summed E-state index contributed by atoms with van der Waals surface area (Å²) >= 11 is 0. The molecule has 6 nitrogen and oxygen atoms in total. The first-order valence-electron chi connectivity index (χ1n) is 27.2. The maximum Gasteiger partial charge on any atom is 0.306 e. The molecule has 0 rings (SSSR count). The molecule has 0 heterocycles. The van der Waals surface area contributed by atoms with Gasteiger partial charge in [0.05, 0.1) is 0 Å². The van der Waals surface area contributed by atoms with Crippen LogP contribution in [0.4, 0.5) is 0 Å². The smallest absolute Gasteiger partial charge is 0.306 e. The number of ether oxygens (including phenoxy) is 3. The summed E-state index contributed by atoms with van der Waals surface area (Å²) in [5, 5.41) is 0. The van der Waals surface area contributed by atoms with Crippen LogP contribution in [-0.2, 0) is 28.6 Å². The molecule has 1 unspecified atom stereocenters. The lowest BCUT2D eigenvalue weighted by molar-refractivity contribution is -0.167. The molecule has 0 aromatic carbocycles. The molecule has 1 atom stereocenters. The third-order valence-corrected chi connectivity index (χ3v) is 12.3. The molecule has 0 aromatic rings. The third-order valence-electron chi connectivity index (χ3n) is 12.3. The Labute approximate surface area is 380 Å². The summed E-state index contributed by atoms with van der Waals surface area (Å²) in [4.78, 5) is 38.0. The number of rotatable bonds is 50. The summed E-state index contributed by atoms with van der Waals surface area (Å²) in [6.07, 6.45) is 56.2. The van der Waals surface area contributed by atoms with Gasteiger partial charge in [-0.1, -0.05) is 251 Å². The Kier molecular flexibility index (Phi) is 49.3. The van der Waals surface area contributed by atoms with Gasteiger partial charge in [-0.05, 0) is 44.9 Å². The summed E-state index contributed by atoms with van der Waals surface area (Å²) in [6, 6.07) is 0. The van der Waals surface area contributed by atoms with Crippen LogP contribution in [0.3, 0.4) is 0 Å². The molecule has 61 heavy (non-hydrogen) atoms. The number of hydrogen-bond donors (Lipinski definition) is 0. The second kappa shape index (κ2) is 50.8. The lowest BCUT2D eigenvalue weighted by Crippen LogP contribution is -2.30. The Bertz CT molecular complexity index is 947. The zero-order valence-corrected chi connectivity index (χ0v) is 41.2. The van der Waals surface area contributed by atoms with E-state index in [0.717, 1.165) is 64.2 Å². The van der Waals surface area contributed by atoms with Crippen LogP contribution in [0, 0.1) is 0 Å². The molecule has 0 aromatic heterocycles. The van der Waals surface area contributed by atoms with Gasteiger partial charge in [0.2, 0.25) is 0 Å². The van der Waals surface area contributed by atoms with Gasteiger partial charge in [-0.25, -0.2) is 0 Å². The molecular formula is C55H104O6. The molecule has 0 aliphatic carbocycles. The van der Waals surface area contributed by atoms with Crippen molar-refractivity contribution in [2.75, 3.05) is 13.2 Å². The van der Waals surface area contributed by atoms with E-state index < -0.39 is 6.10 Å². The van der Waals surface area contributed by atoms with Crippen molar-refractivity contribution in [2.24, 2.45) is 0 Å². The van der Waals surface area contributed by atoms with E-state index in [0.29, 0.717) is 19.3 Å². The number of unbranched alkanes of at least 4 members (excludes halogenated alkanes) is 37. The van der Waals surface area contributed by atoms with Crippen LogP contribution in [-0.4, -0.2) is 37.2 Å². The normalized spacial score (nSPS) is 12.0. The van der Waals surface area contributed by atoms with Gasteiger partial charge in [-0.2, -0.15) is 0 Å². The van der Waals surface area contributed by atoms with Gasteiger partial charge in [0.25, 0.3) is 0 Å². The number of carbonyl (C=O) groups is 3. The zero-order chi connectivity index (χ0) is 44.4. The molecule has 0 saturated heterocycles. The van der Waals surface area contributed by atoms with E-state index in [-0.39, 0.29) is 31.1 Å². The van der Waals surface area contributed by atoms with Crippen LogP contribution >= 0.6 is 0 Å². The van der Waals surface area contributed by atoms with Crippen LogP contribution < -0.4 is 0 Å². The van der Waals surface area contributed by atoms with Gasteiger partial charge in [-0.15, -0.1) is 0 Å². The monoisotopic (exact) mass is 861 g/mol. The van der Waals surface area contributed by atoms with Crippen molar-refractivity contribution in [1.82, 2.24) is 0 Å². The minimum absolute atomic E-state index is 0.0671. The second-order valence-corrected chi connectivity index (χ2v) is 18.5. The molecule has 0 radical (unpaired) electrons. The van der Waals surface area contributed by atoms with Crippen molar-refractivity contribution in [3.63, 3.8) is 0 Å². The first kappa shape index (κ1) is 59.1. The highest BCUT2D eigenvalue weighted by atomic mass is 16.6. The number of allylic oxidation sites excluding steroid dienone is 2. The summed E-state index contributed by atoms with van der Waals surface area (Å²) < 4.78 is 16.8. The van der Waals surface area contributed by atoms with Crippen LogP contribution in [0.25, 0.3) is 0 Å². The fourth-order valence-electron chi connectivity index (χ4n) is 8.14. The lowest BCUT2D eigenvalue weighted by Gasteiger charge is -2.18. The predicted octanol–water partition coefficient (Wildman–Crippen LogP) is 17.8. The maximum atomic E-state index is 12.8. The predicted molar refractivity (Wildman–Crippen MR) is 261 cm³/mol. The molecule has 0 aliphatic rings. The molecule has 0 spiro atoms. The molecule has 0 N–H and O–H groups in total. The van der Waals surface area contributed by atoms with Crippen molar-refractivity contribution in [2.45, 2.75) is 309 Å². The Morgan fingerprint density at radius 2 is 0.541 bits per heavy atom. The fourth-order valence-corrected chi connectivity index (χ4v) is 8.14. The van der Waals surface area contributed by atoms with Crippen LogP contribution in [0.1, 0.15) is 303 Å². The fraction of sp³-hybridized carbons (Fsp3) is 0.909. The average Bonchev–Trinajstić information content (AvgIpc) is 3.26. The summed E-state index contributed by atoms with van der Waals surface area (Å²) in [5.74, 6) is -0.857. The molecule has 0 fully saturated rings. The number of hydrogen-bond acceptors (Lipinski definition) is 6. The van der Waals surface area contributed by atoms with Crippen LogP contribution in [0.5, 0.6) is 0 Å². The van der Waals surface area contributed by atoms with Crippen LogP contribution in [0.15, 0.2) is 12.2 Å². The summed E-state index contributed by atoms with van der Waals surface area (Å²) in [5.41, 5.74) is 0. The van der Waals surface area contributed by atoms with Gasteiger partial charge in [0.1, 0.15) is 13.2 Å². The van der Waals surface area contributed by atoms with E-state index in [1.165, 1.54) is 199 Å². The quantitative estimate of drug-likeness (QED) is 0.0262. The van der Waals surface area contributed by atoms with E-state index in [2.05, 4.69) is 32.9 Å². The highest BCUT2D eigenvalue weighted by molar-refractivity contribution is 5.71. The second-order valence-electron chi connectivity index (χ2n) is 18.5. The first-order chi connectivity index (χ1) is 30.0. The van der Waals surface area contributed by atoms with Crippen molar-refractivity contribution in [3.05, 3.63) is 12.2 Å². The molecule has 6 heteroatoms. The SMILES string of the molecule is CCCCCCCCC/C=C\CCCCCCCC(=O)OCC(COC(=O)CCCCCCCCCCCCC)OC(=O)CCCCCCCCCCCCCCCCCC. The van der Waals surface area contributed by atoms with Crippen molar-refractivity contribution in [3.8, 4) is 0 Å². The molecule has 0 bridgehead atoms. The average molecular weight is 861 g/mol. The van der Waals surface area contributed by atoms with E-state index >= 15 is 0 Å². The van der Waals surface area contributed by atoms with Crippen LogP contribution in [0.2, 0.25) is 0 Å². The standard InChI is InChI=1S/C55H104O6/c1-4-7-10-13-16-19-22-24-26-28-30-33-36-39-42-45-48-54(57)60-51-52(50-59-53(56)47-44-41-38-35-32-21-18-15-12-9-6-3)61-55(58)49-46-43-40-37-34-31-29-27-25-23-20-17-14-11-8-5-2/h26,28,52H,4-25,27,29-51H2,1-3H3/b28-26-. The molecule has 0 aliphatic heterocycles. The zero-order valence-electron chi connectivity index (χ0n) is 41.2. The number of esters is 3. The molecule has 0 amide bonds. The van der Waals surface area contributed by atoms with Crippen molar-refractivity contribution >= 4 is 17.9 Å². The van der Waals surface area contributed by atoms with E-state index in [1.54, 1.807) is 0 Å². The van der Waals surface area contributed by atoms with E-state index in [4.69, 9.17) is 14.2 Å². The topological polar surface area (TPSA) is 78.9 Å². The van der Waals surface area contributed by atoms with Gasteiger partial charge >= 0.3 is 17.9 Å². The first-order valence-corrected chi connectivity index (χ1v) is 27.2. The van der Waals surface area contributed by atoms with Crippen molar-refractivity contribution < 1.29 is 28.6 Å². The van der Waals surface area contributed by atoms with E-state index in [1.807, 2.05) is 0 Å². The lowest BCUT2D eigenvalue weighted by atomic mass is 10.0. The maximum absolute atomic E-state index is 12.8. The molecular weight excluding hydrogens is 757 g/mol. The highest BCUT2D eigenvalue weighted by Gasteiger charge is 2.19. The Balaban J connectivity index is 4.31. The van der Waals surface area contributed by atoms with Gasteiger partial charge in [0, 0.05) is 19.3 Å². The molecule has 0 saturated carbocycles. The minimum atomic E-state index is -0.766. The van der Waals surface area contributed by atoms with Crippen molar-refractivity contribution in [1.29, 1.82) is 0 Å². The number of carbonyl (C=O) groups excluding carboxylic acids is 3. The minimum Gasteiger partial charge on any atom is -0.462 e. The Hall–Kier alpha value is -1.85. The van der Waals surface area contributed by atoms with E-state index in [9.17, 15) is 14.4 Å². The summed E-state index contributed by atoms with van der Waals surface area (Å²) in [6.45, 7) is 6.67. The highest BCUT2D eigenvalue weighted by Crippen LogP contribution is 2.16. The summed E-state index contributed by atoms with van der Waals surface area (Å²) in [7, 11) is 0.